The lowest BCUT2D eigenvalue weighted by atomic mass is 10.2. The van der Waals surface area contributed by atoms with Crippen molar-refractivity contribution in [2.45, 2.75) is 25.1 Å². The first kappa shape index (κ1) is 12.9. The normalized spacial score (nSPS) is 15.8. The molecule has 1 aromatic rings. The predicted octanol–water partition coefficient (Wildman–Crippen LogP) is 1.64. The van der Waals surface area contributed by atoms with Crippen molar-refractivity contribution < 1.29 is 18.3 Å². The van der Waals surface area contributed by atoms with Gasteiger partial charge >= 0.3 is 6.18 Å². The zero-order chi connectivity index (χ0) is 13.3. The highest BCUT2D eigenvalue weighted by Gasteiger charge is 2.35. The van der Waals surface area contributed by atoms with Crippen molar-refractivity contribution in [1.29, 1.82) is 0 Å². The zero-order valence-electron chi connectivity index (χ0n) is 9.61. The van der Waals surface area contributed by atoms with Crippen LogP contribution in [0.1, 0.15) is 18.5 Å². The van der Waals surface area contributed by atoms with E-state index in [-0.39, 0.29) is 24.9 Å². The van der Waals surface area contributed by atoms with E-state index in [9.17, 15) is 13.2 Å². The number of aliphatic hydroxyl groups is 1. The van der Waals surface area contributed by atoms with Crippen LogP contribution in [-0.4, -0.2) is 29.3 Å². The van der Waals surface area contributed by atoms with Crippen LogP contribution in [0.2, 0.25) is 0 Å². The van der Waals surface area contributed by atoms with E-state index in [4.69, 9.17) is 10.8 Å². The largest absolute Gasteiger partial charge is 0.433 e. The maximum Gasteiger partial charge on any atom is 0.433 e. The minimum Gasteiger partial charge on any atom is -0.396 e. The van der Waals surface area contributed by atoms with E-state index in [0.29, 0.717) is 5.69 Å². The number of alkyl halides is 3. The zero-order valence-corrected chi connectivity index (χ0v) is 9.61. The van der Waals surface area contributed by atoms with E-state index < -0.39 is 11.9 Å². The molecular formula is C11H14F3N3O. The molecule has 0 radical (unpaired) electrons. The Morgan fingerprint density at radius 3 is 2.61 bits per heavy atom. The number of pyridine rings is 1. The number of nitrogen functional groups attached to an aromatic ring is 1. The molecular weight excluding hydrogens is 247 g/mol. The number of nitrogens with zero attached hydrogens (tertiary/aromatic N) is 2. The Labute approximate surface area is 102 Å². The molecule has 1 saturated carbocycles. The summed E-state index contributed by atoms with van der Waals surface area (Å²) in [5.41, 5.74) is 5.21. The third-order valence-electron chi connectivity index (χ3n) is 2.84. The second kappa shape index (κ2) is 4.64. The van der Waals surface area contributed by atoms with Gasteiger partial charge in [0, 0.05) is 12.6 Å². The van der Waals surface area contributed by atoms with E-state index in [1.165, 1.54) is 0 Å². The van der Waals surface area contributed by atoms with Crippen molar-refractivity contribution in [3.05, 3.63) is 18.0 Å². The highest BCUT2D eigenvalue weighted by molar-refractivity contribution is 5.68. The van der Waals surface area contributed by atoms with Crippen molar-refractivity contribution >= 4 is 11.4 Å². The molecule has 1 aliphatic carbocycles. The smallest absolute Gasteiger partial charge is 0.396 e. The SMILES string of the molecule is Nc1cnc(C(F)(F)F)cc1N(CCO)C1CC1. The van der Waals surface area contributed by atoms with E-state index >= 15 is 0 Å². The van der Waals surface area contributed by atoms with Crippen molar-refractivity contribution in [2.24, 2.45) is 0 Å². The lowest BCUT2D eigenvalue weighted by Crippen LogP contribution is -2.30. The lowest BCUT2D eigenvalue weighted by molar-refractivity contribution is -0.141. The molecule has 2 rings (SSSR count). The molecule has 0 spiro atoms. The minimum atomic E-state index is -4.49. The van der Waals surface area contributed by atoms with E-state index in [0.717, 1.165) is 25.1 Å². The molecule has 0 aromatic carbocycles. The summed E-state index contributed by atoms with van der Waals surface area (Å²) in [7, 11) is 0. The maximum absolute atomic E-state index is 12.6. The fraction of sp³-hybridized carbons (Fsp3) is 0.545. The summed E-state index contributed by atoms with van der Waals surface area (Å²) in [6.45, 7) is 0.149. The monoisotopic (exact) mass is 261 g/mol. The summed E-state index contributed by atoms with van der Waals surface area (Å²) < 4.78 is 37.8. The summed E-state index contributed by atoms with van der Waals surface area (Å²) >= 11 is 0. The summed E-state index contributed by atoms with van der Waals surface area (Å²) in [6, 6.07) is 1.12. The number of hydrogen-bond acceptors (Lipinski definition) is 4. The van der Waals surface area contributed by atoms with Crippen LogP contribution in [0.15, 0.2) is 12.3 Å². The molecule has 0 amide bonds. The molecule has 0 atom stereocenters. The van der Waals surface area contributed by atoms with E-state index in [1.54, 1.807) is 4.90 Å². The Hall–Kier alpha value is -1.50. The van der Waals surface area contributed by atoms with Gasteiger partial charge in [-0.2, -0.15) is 13.2 Å². The van der Waals surface area contributed by atoms with Gasteiger partial charge in [-0.15, -0.1) is 0 Å². The first-order valence-corrected chi connectivity index (χ1v) is 5.63. The average molecular weight is 261 g/mol. The van der Waals surface area contributed by atoms with Crippen LogP contribution < -0.4 is 10.6 Å². The van der Waals surface area contributed by atoms with Gasteiger partial charge in [0.05, 0.1) is 24.2 Å². The second-order valence-corrected chi connectivity index (χ2v) is 4.27. The molecule has 1 fully saturated rings. The van der Waals surface area contributed by atoms with Crippen molar-refractivity contribution in [3.63, 3.8) is 0 Å². The first-order chi connectivity index (χ1) is 8.43. The third-order valence-corrected chi connectivity index (χ3v) is 2.84. The standard InChI is InChI=1S/C11H14F3N3O/c12-11(13,14)10-5-9(8(15)6-16-10)17(3-4-18)7-1-2-7/h5-7,18H,1-4,15H2. The molecule has 0 unspecified atom stereocenters. The minimum absolute atomic E-state index is 0.125. The quantitative estimate of drug-likeness (QED) is 0.865. The number of hydrogen-bond donors (Lipinski definition) is 2. The van der Waals surface area contributed by atoms with Crippen LogP contribution in [0.4, 0.5) is 24.5 Å². The van der Waals surface area contributed by atoms with Gasteiger partial charge in [-0.3, -0.25) is 0 Å². The van der Waals surface area contributed by atoms with Crippen LogP contribution in [0.5, 0.6) is 0 Å². The third kappa shape index (κ3) is 2.66. The lowest BCUT2D eigenvalue weighted by Gasteiger charge is -2.25. The van der Waals surface area contributed by atoms with Gasteiger partial charge in [0.2, 0.25) is 0 Å². The molecule has 0 saturated heterocycles. The first-order valence-electron chi connectivity index (χ1n) is 5.63. The van der Waals surface area contributed by atoms with Crippen LogP contribution >= 0.6 is 0 Å². The summed E-state index contributed by atoms with van der Waals surface area (Å²) in [5, 5.41) is 8.97. The molecule has 0 bridgehead atoms. The predicted molar refractivity (Wildman–Crippen MR) is 61.1 cm³/mol. The van der Waals surface area contributed by atoms with Crippen molar-refractivity contribution in [2.75, 3.05) is 23.8 Å². The topological polar surface area (TPSA) is 62.4 Å². The van der Waals surface area contributed by atoms with Gasteiger partial charge in [-0.05, 0) is 18.9 Å². The van der Waals surface area contributed by atoms with Crippen molar-refractivity contribution in [3.8, 4) is 0 Å². The number of halogens is 3. The Morgan fingerprint density at radius 2 is 2.11 bits per heavy atom. The van der Waals surface area contributed by atoms with Crippen LogP contribution in [-0.2, 0) is 6.18 Å². The summed E-state index contributed by atoms with van der Waals surface area (Å²) in [4.78, 5) is 5.01. The van der Waals surface area contributed by atoms with Gasteiger partial charge in [0.25, 0.3) is 0 Å². The fourth-order valence-corrected chi connectivity index (χ4v) is 1.85. The molecule has 1 heterocycles. The number of nitrogens with two attached hydrogens (primary N) is 1. The van der Waals surface area contributed by atoms with E-state index in [1.807, 2.05) is 0 Å². The van der Waals surface area contributed by atoms with Crippen LogP contribution in [0.25, 0.3) is 0 Å². The van der Waals surface area contributed by atoms with Crippen LogP contribution in [0, 0.1) is 0 Å². The fourth-order valence-electron chi connectivity index (χ4n) is 1.85. The molecule has 7 heteroatoms. The second-order valence-electron chi connectivity index (χ2n) is 4.27. The molecule has 4 nitrogen and oxygen atoms in total. The molecule has 1 aliphatic rings. The number of rotatable bonds is 4. The number of aromatic nitrogens is 1. The highest BCUT2D eigenvalue weighted by atomic mass is 19.4. The number of anilines is 2. The van der Waals surface area contributed by atoms with Gasteiger partial charge in [0.1, 0.15) is 5.69 Å². The molecule has 1 aromatic heterocycles. The van der Waals surface area contributed by atoms with Gasteiger partial charge in [-0.1, -0.05) is 0 Å². The van der Waals surface area contributed by atoms with Gasteiger partial charge in [-0.25, -0.2) is 4.98 Å². The van der Waals surface area contributed by atoms with Gasteiger partial charge < -0.3 is 15.7 Å². The highest BCUT2D eigenvalue weighted by Crippen LogP contribution is 2.37. The Morgan fingerprint density at radius 1 is 1.44 bits per heavy atom. The molecule has 3 N–H and O–H groups in total. The Balaban J connectivity index is 2.35. The summed E-state index contributed by atoms with van der Waals surface area (Å²) in [6.07, 6.45) is -1.66. The number of aliphatic hydroxyl groups excluding tert-OH is 1. The van der Waals surface area contributed by atoms with E-state index in [2.05, 4.69) is 4.98 Å². The summed E-state index contributed by atoms with van der Waals surface area (Å²) in [5.74, 6) is 0. The molecule has 18 heavy (non-hydrogen) atoms. The molecule has 0 aliphatic heterocycles. The average Bonchev–Trinajstić information content (AvgIpc) is 3.09. The Bertz CT molecular complexity index is 432. The molecule has 100 valence electrons. The maximum atomic E-state index is 12.6. The Kier molecular flexibility index (Phi) is 3.34. The van der Waals surface area contributed by atoms with Crippen LogP contribution in [0.3, 0.4) is 0 Å². The van der Waals surface area contributed by atoms with Gasteiger partial charge in [0.15, 0.2) is 0 Å². The van der Waals surface area contributed by atoms with Crippen molar-refractivity contribution in [1.82, 2.24) is 4.98 Å².